The Kier molecular flexibility index (Phi) is 5.41. The van der Waals surface area contributed by atoms with Gasteiger partial charge in [0.15, 0.2) is 0 Å². The molecule has 0 bridgehead atoms. The molecule has 0 aliphatic carbocycles. The van der Waals surface area contributed by atoms with E-state index in [2.05, 4.69) is 0 Å². The van der Waals surface area contributed by atoms with Crippen molar-refractivity contribution in [2.75, 3.05) is 11.4 Å². The third kappa shape index (κ3) is 4.09. The molecule has 0 unspecified atom stereocenters. The van der Waals surface area contributed by atoms with Crippen molar-refractivity contribution < 1.29 is 21.9 Å². The topological polar surface area (TPSA) is 46.6 Å². The van der Waals surface area contributed by atoms with Crippen molar-refractivity contribution in [2.24, 2.45) is 0 Å². The van der Waals surface area contributed by atoms with Gasteiger partial charge in [0.2, 0.25) is 0 Å². The van der Waals surface area contributed by atoms with Gasteiger partial charge in [-0.3, -0.25) is 4.31 Å². The highest BCUT2D eigenvalue weighted by atomic mass is 32.2. The quantitative estimate of drug-likeness (QED) is 0.629. The van der Waals surface area contributed by atoms with Crippen LogP contribution in [-0.2, 0) is 16.6 Å². The van der Waals surface area contributed by atoms with Gasteiger partial charge >= 0.3 is 0 Å². The minimum atomic E-state index is -4.15. The number of anilines is 1. The fourth-order valence-electron chi connectivity index (χ4n) is 2.62. The smallest absolute Gasteiger partial charge is 0.264 e. The van der Waals surface area contributed by atoms with E-state index in [1.807, 2.05) is 0 Å². The van der Waals surface area contributed by atoms with Crippen molar-refractivity contribution in [3.8, 4) is 5.75 Å². The number of benzene rings is 3. The van der Waals surface area contributed by atoms with Crippen LogP contribution in [0.2, 0.25) is 0 Å². The van der Waals surface area contributed by atoms with Crippen LogP contribution in [0.5, 0.6) is 5.75 Å². The maximum Gasteiger partial charge on any atom is 0.264 e. The van der Waals surface area contributed by atoms with Gasteiger partial charge < -0.3 is 4.74 Å². The Morgan fingerprint density at radius 2 is 1.67 bits per heavy atom. The summed E-state index contributed by atoms with van der Waals surface area (Å²) in [4.78, 5) is -0.221. The van der Waals surface area contributed by atoms with Crippen LogP contribution < -0.4 is 9.04 Å². The molecule has 0 amide bonds. The second kappa shape index (κ2) is 7.75. The molecule has 0 N–H and O–H groups in total. The molecule has 0 radical (unpaired) electrons. The standard InChI is InChI=1S/C20H17F2NO3S/c1-26-18-9-5-8-17(13-18)23(14-15-6-2-3-11-20(15)22)27(24,25)19-10-4-7-16(21)12-19/h2-13H,14H2,1H3. The number of halogens is 2. The zero-order valence-corrected chi connectivity index (χ0v) is 15.3. The molecule has 0 spiro atoms. The van der Waals surface area contributed by atoms with E-state index < -0.39 is 21.7 Å². The Balaban J connectivity index is 2.13. The molecule has 3 aromatic carbocycles. The predicted molar refractivity (Wildman–Crippen MR) is 99.2 cm³/mol. The molecule has 7 heteroatoms. The van der Waals surface area contributed by atoms with Crippen molar-refractivity contribution >= 4 is 15.7 Å². The van der Waals surface area contributed by atoms with Gasteiger partial charge in [0.25, 0.3) is 10.0 Å². The van der Waals surface area contributed by atoms with E-state index >= 15 is 0 Å². The van der Waals surface area contributed by atoms with Crippen LogP contribution in [0.15, 0.2) is 77.7 Å². The zero-order valence-electron chi connectivity index (χ0n) is 14.5. The van der Waals surface area contributed by atoms with Crippen LogP contribution in [0.1, 0.15) is 5.56 Å². The number of sulfonamides is 1. The molecule has 4 nitrogen and oxygen atoms in total. The third-order valence-corrected chi connectivity index (χ3v) is 5.77. The minimum absolute atomic E-state index is 0.195. The van der Waals surface area contributed by atoms with Gasteiger partial charge in [-0.25, -0.2) is 17.2 Å². The van der Waals surface area contributed by atoms with Crippen LogP contribution in [-0.4, -0.2) is 15.5 Å². The summed E-state index contributed by atoms with van der Waals surface area (Å²) in [6.07, 6.45) is 0. The summed E-state index contributed by atoms with van der Waals surface area (Å²) >= 11 is 0. The fourth-order valence-corrected chi connectivity index (χ4v) is 4.08. The molecule has 0 saturated heterocycles. The summed E-state index contributed by atoms with van der Waals surface area (Å²) in [5.41, 5.74) is 0.474. The second-order valence-corrected chi connectivity index (χ2v) is 7.62. The monoisotopic (exact) mass is 389 g/mol. The first-order valence-electron chi connectivity index (χ1n) is 8.07. The van der Waals surface area contributed by atoms with Crippen molar-refractivity contribution in [1.82, 2.24) is 0 Å². The highest BCUT2D eigenvalue weighted by Gasteiger charge is 2.26. The molecule has 27 heavy (non-hydrogen) atoms. The average Bonchev–Trinajstić information content (AvgIpc) is 2.67. The summed E-state index contributed by atoms with van der Waals surface area (Å²) < 4.78 is 60.4. The van der Waals surface area contributed by atoms with Crippen molar-refractivity contribution in [1.29, 1.82) is 0 Å². The second-order valence-electron chi connectivity index (χ2n) is 5.76. The highest BCUT2D eigenvalue weighted by Crippen LogP contribution is 2.29. The van der Waals surface area contributed by atoms with E-state index in [1.54, 1.807) is 24.3 Å². The summed E-state index contributed by atoms with van der Waals surface area (Å²) in [5.74, 6) is -0.757. The lowest BCUT2D eigenvalue weighted by molar-refractivity contribution is 0.415. The first-order chi connectivity index (χ1) is 12.9. The van der Waals surface area contributed by atoms with Gasteiger partial charge in [-0.2, -0.15) is 0 Å². The van der Waals surface area contributed by atoms with E-state index in [-0.39, 0.29) is 22.7 Å². The number of hydrogen-bond acceptors (Lipinski definition) is 3. The van der Waals surface area contributed by atoms with Crippen LogP contribution in [0, 0.1) is 11.6 Å². The van der Waals surface area contributed by atoms with Crippen LogP contribution >= 0.6 is 0 Å². The summed E-state index contributed by atoms with van der Waals surface area (Å²) in [7, 11) is -2.69. The minimum Gasteiger partial charge on any atom is -0.497 e. The van der Waals surface area contributed by atoms with Crippen LogP contribution in [0.4, 0.5) is 14.5 Å². The number of hydrogen-bond donors (Lipinski definition) is 0. The molecular weight excluding hydrogens is 372 g/mol. The molecule has 140 valence electrons. The summed E-state index contributed by atoms with van der Waals surface area (Å²) in [5, 5.41) is 0. The Bertz CT molecular complexity index is 1050. The molecule has 0 saturated carbocycles. The normalized spacial score (nSPS) is 11.2. The lowest BCUT2D eigenvalue weighted by Crippen LogP contribution is -2.31. The maximum absolute atomic E-state index is 14.2. The fraction of sp³-hybridized carbons (Fsp3) is 0.100. The van der Waals surface area contributed by atoms with Crippen LogP contribution in [0.3, 0.4) is 0 Å². The summed E-state index contributed by atoms with van der Waals surface area (Å²) in [6.45, 7) is -0.251. The highest BCUT2D eigenvalue weighted by molar-refractivity contribution is 7.92. The van der Waals surface area contributed by atoms with Gasteiger partial charge in [-0.05, 0) is 36.4 Å². The molecule has 0 fully saturated rings. The number of ether oxygens (including phenoxy) is 1. The first kappa shape index (κ1) is 18.8. The van der Waals surface area contributed by atoms with Crippen molar-refractivity contribution in [3.63, 3.8) is 0 Å². The first-order valence-corrected chi connectivity index (χ1v) is 9.51. The number of methoxy groups -OCH3 is 1. The van der Waals surface area contributed by atoms with Crippen molar-refractivity contribution in [2.45, 2.75) is 11.4 Å². The predicted octanol–water partition coefficient (Wildman–Crippen LogP) is 4.37. The molecule has 0 aromatic heterocycles. The Morgan fingerprint density at radius 1 is 0.926 bits per heavy atom. The maximum atomic E-state index is 14.2. The average molecular weight is 389 g/mol. The third-order valence-electron chi connectivity index (χ3n) is 4.00. The Morgan fingerprint density at radius 3 is 2.37 bits per heavy atom. The number of rotatable bonds is 6. The molecule has 0 atom stereocenters. The molecule has 3 rings (SSSR count). The largest absolute Gasteiger partial charge is 0.497 e. The SMILES string of the molecule is COc1cccc(N(Cc2ccccc2F)S(=O)(=O)c2cccc(F)c2)c1. The van der Waals surface area contributed by atoms with Gasteiger partial charge in [-0.1, -0.05) is 30.3 Å². The van der Waals surface area contributed by atoms with E-state index in [1.165, 1.54) is 43.5 Å². The lowest BCUT2D eigenvalue weighted by atomic mass is 10.2. The van der Waals surface area contributed by atoms with Gasteiger partial charge in [0.05, 0.1) is 24.2 Å². The number of nitrogens with zero attached hydrogens (tertiary/aromatic N) is 1. The molecule has 0 aliphatic heterocycles. The van der Waals surface area contributed by atoms with E-state index in [0.717, 1.165) is 16.4 Å². The summed E-state index contributed by atoms with van der Waals surface area (Å²) in [6, 6.07) is 17.0. The van der Waals surface area contributed by atoms with E-state index in [9.17, 15) is 17.2 Å². The van der Waals surface area contributed by atoms with Crippen LogP contribution in [0.25, 0.3) is 0 Å². The Hall–Kier alpha value is -2.93. The lowest BCUT2D eigenvalue weighted by Gasteiger charge is -2.25. The molecule has 0 aliphatic rings. The van der Waals surface area contributed by atoms with Gasteiger partial charge in [0, 0.05) is 11.6 Å². The Labute approximate surface area is 156 Å². The zero-order chi connectivity index (χ0) is 19.4. The molecule has 0 heterocycles. The van der Waals surface area contributed by atoms with Crippen molar-refractivity contribution in [3.05, 3.63) is 90.0 Å². The van der Waals surface area contributed by atoms with Gasteiger partial charge in [-0.15, -0.1) is 0 Å². The molecule has 3 aromatic rings. The van der Waals surface area contributed by atoms with Gasteiger partial charge in [0.1, 0.15) is 17.4 Å². The molecular formula is C20H17F2NO3S. The van der Waals surface area contributed by atoms with E-state index in [4.69, 9.17) is 4.74 Å². The van der Waals surface area contributed by atoms with E-state index in [0.29, 0.717) is 5.75 Å².